The zero-order valence-electron chi connectivity index (χ0n) is 20.8. The highest BCUT2D eigenvalue weighted by Crippen LogP contribution is 2.29. The highest BCUT2D eigenvalue weighted by molar-refractivity contribution is 5.86. The van der Waals surface area contributed by atoms with Crippen LogP contribution in [0.2, 0.25) is 0 Å². The molecule has 0 aromatic carbocycles. The van der Waals surface area contributed by atoms with E-state index in [4.69, 9.17) is 5.11 Å². The Hall–Kier alpha value is -1.58. The van der Waals surface area contributed by atoms with Crippen LogP contribution in [0.15, 0.2) is 23.8 Å². The Labute approximate surface area is 191 Å². The Morgan fingerprint density at radius 2 is 1.48 bits per heavy atom. The Balaban J connectivity index is 0.000000582. The Bertz CT molecular complexity index is 560. The summed E-state index contributed by atoms with van der Waals surface area (Å²) in [5.74, 6) is -0.283. The SMILES string of the molecule is C=C(CCCCCCCC(C)C)C(=O)O.CC(C)(C)CC(=CC1CCCCC1)C(=O)O. The van der Waals surface area contributed by atoms with Crippen molar-refractivity contribution >= 4 is 11.9 Å². The Morgan fingerprint density at radius 1 is 0.935 bits per heavy atom. The number of hydrogen-bond acceptors (Lipinski definition) is 2. The molecule has 0 aliphatic heterocycles. The highest BCUT2D eigenvalue weighted by Gasteiger charge is 2.20. The van der Waals surface area contributed by atoms with Crippen LogP contribution in [0.25, 0.3) is 0 Å². The highest BCUT2D eigenvalue weighted by atomic mass is 16.4. The molecule has 0 aromatic heterocycles. The number of carboxylic acid groups (broad SMARTS) is 2. The minimum Gasteiger partial charge on any atom is -0.478 e. The first-order valence-corrected chi connectivity index (χ1v) is 12.3. The Kier molecular flexibility index (Phi) is 15.3. The molecular formula is C27H48O4. The second kappa shape index (κ2) is 16.1. The van der Waals surface area contributed by atoms with Crippen molar-refractivity contribution in [3.8, 4) is 0 Å². The molecule has 1 saturated carbocycles. The lowest BCUT2D eigenvalue weighted by Gasteiger charge is -2.22. The van der Waals surface area contributed by atoms with Crippen LogP contribution in [0.4, 0.5) is 0 Å². The summed E-state index contributed by atoms with van der Waals surface area (Å²) in [6.07, 6.45) is 16.7. The van der Waals surface area contributed by atoms with Gasteiger partial charge in [-0.1, -0.05) is 98.6 Å². The average molecular weight is 437 g/mol. The minimum absolute atomic E-state index is 0.0545. The van der Waals surface area contributed by atoms with Gasteiger partial charge in [0.15, 0.2) is 0 Å². The molecule has 1 aliphatic rings. The van der Waals surface area contributed by atoms with Gasteiger partial charge in [-0.3, -0.25) is 0 Å². The molecule has 0 bridgehead atoms. The quantitative estimate of drug-likeness (QED) is 0.240. The van der Waals surface area contributed by atoms with E-state index < -0.39 is 11.9 Å². The molecule has 4 nitrogen and oxygen atoms in total. The smallest absolute Gasteiger partial charge is 0.331 e. The maximum absolute atomic E-state index is 11.2. The fourth-order valence-electron chi connectivity index (χ4n) is 3.89. The summed E-state index contributed by atoms with van der Waals surface area (Å²) in [6.45, 7) is 14.3. The van der Waals surface area contributed by atoms with Crippen LogP contribution in [-0.4, -0.2) is 22.2 Å². The molecule has 0 unspecified atom stereocenters. The minimum atomic E-state index is -0.852. The van der Waals surface area contributed by atoms with Crippen molar-refractivity contribution in [2.45, 2.75) is 118 Å². The standard InChI is InChI=1S/C14H24O2.C13H24O2/c1-14(2,3)10-12(13(15)16)9-11-7-5-4-6-8-11;1-11(2)9-7-5-4-6-8-10-12(3)13(14)15/h9,11H,4-8,10H2,1-3H3,(H,15,16);11H,3-10H2,1-2H3,(H,14,15). The van der Waals surface area contributed by atoms with E-state index in [1.165, 1.54) is 57.8 Å². The number of allylic oxidation sites excluding steroid dienone is 1. The third kappa shape index (κ3) is 17.8. The van der Waals surface area contributed by atoms with Crippen LogP contribution < -0.4 is 0 Å². The molecule has 2 N–H and O–H groups in total. The largest absolute Gasteiger partial charge is 0.478 e. The predicted octanol–water partition coefficient (Wildman–Crippen LogP) is 8.03. The zero-order valence-corrected chi connectivity index (χ0v) is 20.8. The monoisotopic (exact) mass is 436 g/mol. The summed E-state index contributed by atoms with van der Waals surface area (Å²) in [5, 5.41) is 17.8. The van der Waals surface area contributed by atoms with Crippen molar-refractivity contribution in [2.24, 2.45) is 17.3 Å². The third-order valence-corrected chi connectivity index (χ3v) is 5.64. The average Bonchev–Trinajstić information content (AvgIpc) is 2.66. The molecule has 180 valence electrons. The summed E-state index contributed by atoms with van der Waals surface area (Å²) in [7, 11) is 0. The van der Waals surface area contributed by atoms with Crippen LogP contribution >= 0.6 is 0 Å². The van der Waals surface area contributed by atoms with Crippen molar-refractivity contribution in [2.75, 3.05) is 0 Å². The van der Waals surface area contributed by atoms with Gasteiger partial charge in [-0.15, -0.1) is 0 Å². The molecule has 0 heterocycles. The van der Waals surface area contributed by atoms with Crippen LogP contribution in [-0.2, 0) is 9.59 Å². The number of aliphatic carboxylic acids is 2. The number of rotatable bonds is 12. The zero-order chi connectivity index (χ0) is 23.9. The molecule has 1 aliphatic carbocycles. The molecule has 0 saturated heterocycles. The van der Waals surface area contributed by atoms with Crippen molar-refractivity contribution in [3.63, 3.8) is 0 Å². The molecule has 0 atom stereocenters. The second-order valence-corrected chi connectivity index (χ2v) is 10.7. The van der Waals surface area contributed by atoms with Gasteiger partial charge in [0.2, 0.25) is 0 Å². The molecule has 31 heavy (non-hydrogen) atoms. The van der Waals surface area contributed by atoms with Crippen LogP contribution in [0, 0.1) is 17.3 Å². The van der Waals surface area contributed by atoms with Gasteiger partial charge >= 0.3 is 11.9 Å². The lowest BCUT2D eigenvalue weighted by molar-refractivity contribution is -0.133. The van der Waals surface area contributed by atoms with Crippen molar-refractivity contribution in [3.05, 3.63) is 23.8 Å². The molecular weight excluding hydrogens is 388 g/mol. The first kappa shape index (κ1) is 29.4. The van der Waals surface area contributed by atoms with E-state index in [0.717, 1.165) is 18.8 Å². The van der Waals surface area contributed by atoms with Gasteiger partial charge in [-0.2, -0.15) is 0 Å². The van der Waals surface area contributed by atoms with Crippen LogP contribution in [0.5, 0.6) is 0 Å². The number of carbonyl (C=O) groups is 2. The van der Waals surface area contributed by atoms with Crippen molar-refractivity contribution in [1.82, 2.24) is 0 Å². The normalized spacial score (nSPS) is 15.4. The summed E-state index contributed by atoms with van der Waals surface area (Å²) in [4.78, 5) is 21.6. The maximum atomic E-state index is 11.2. The van der Waals surface area contributed by atoms with E-state index in [2.05, 4.69) is 41.2 Å². The van der Waals surface area contributed by atoms with Gasteiger partial charge in [0.05, 0.1) is 0 Å². The Morgan fingerprint density at radius 3 is 1.97 bits per heavy atom. The number of carboxylic acids is 2. The van der Waals surface area contributed by atoms with E-state index in [1.807, 2.05) is 6.08 Å². The van der Waals surface area contributed by atoms with Gasteiger partial charge in [-0.25, -0.2) is 9.59 Å². The lowest BCUT2D eigenvalue weighted by Crippen LogP contribution is -2.14. The van der Waals surface area contributed by atoms with E-state index in [1.54, 1.807) is 0 Å². The summed E-state index contributed by atoms with van der Waals surface area (Å²) in [5.41, 5.74) is 1.01. The third-order valence-electron chi connectivity index (χ3n) is 5.64. The number of unbranched alkanes of at least 4 members (excludes halogenated alkanes) is 4. The first-order valence-electron chi connectivity index (χ1n) is 12.3. The van der Waals surface area contributed by atoms with Gasteiger partial charge < -0.3 is 10.2 Å². The molecule has 0 spiro atoms. The fraction of sp³-hybridized carbons (Fsp3) is 0.778. The molecule has 0 aromatic rings. The fourth-order valence-corrected chi connectivity index (χ4v) is 3.89. The molecule has 1 fully saturated rings. The summed E-state index contributed by atoms with van der Waals surface area (Å²) in [6, 6.07) is 0. The lowest BCUT2D eigenvalue weighted by atomic mass is 9.83. The van der Waals surface area contributed by atoms with Gasteiger partial charge in [-0.05, 0) is 49.4 Å². The maximum Gasteiger partial charge on any atom is 0.331 e. The van der Waals surface area contributed by atoms with E-state index in [9.17, 15) is 14.7 Å². The number of hydrogen-bond donors (Lipinski definition) is 2. The second-order valence-electron chi connectivity index (χ2n) is 10.7. The molecule has 0 amide bonds. The van der Waals surface area contributed by atoms with Crippen molar-refractivity contribution < 1.29 is 19.8 Å². The summed E-state index contributed by atoms with van der Waals surface area (Å²) >= 11 is 0. The van der Waals surface area contributed by atoms with Crippen molar-refractivity contribution in [1.29, 1.82) is 0 Å². The molecule has 4 heteroatoms. The molecule has 1 rings (SSSR count). The van der Waals surface area contributed by atoms with E-state index in [-0.39, 0.29) is 5.41 Å². The van der Waals surface area contributed by atoms with E-state index in [0.29, 0.717) is 29.9 Å². The van der Waals surface area contributed by atoms with E-state index >= 15 is 0 Å². The van der Waals surface area contributed by atoms with Crippen LogP contribution in [0.3, 0.4) is 0 Å². The molecule has 0 radical (unpaired) electrons. The van der Waals surface area contributed by atoms with Gasteiger partial charge in [0, 0.05) is 11.1 Å². The van der Waals surface area contributed by atoms with Gasteiger partial charge in [0.1, 0.15) is 0 Å². The first-order chi connectivity index (χ1) is 14.4. The summed E-state index contributed by atoms with van der Waals surface area (Å²) < 4.78 is 0. The van der Waals surface area contributed by atoms with Gasteiger partial charge in [0.25, 0.3) is 0 Å². The van der Waals surface area contributed by atoms with Crippen LogP contribution in [0.1, 0.15) is 118 Å². The predicted molar refractivity (Wildman–Crippen MR) is 130 cm³/mol. The topological polar surface area (TPSA) is 74.6 Å².